The maximum absolute atomic E-state index is 14.3. The number of rotatable bonds is 3. The molecule has 1 unspecified atom stereocenters. The molecule has 1 aliphatic rings. The highest BCUT2D eigenvalue weighted by atomic mass is 19.1. The Hall–Kier alpha value is -2.87. The molecule has 1 aromatic heterocycles. The summed E-state index contributed by atoms with van der Waals surface area (Å²) in [4.78, 5) is 12.2. The molecule has 1 aromatic carbocycles. The highest BCUT2D eigenvalue weighted by Gasteiger charge is 2.34. The second kappa shape index (κ2) is 5.73. The lowest BCUT2D eigenvalue weighted by Gasteiger charge is -2.28. The molecule has 0 bridgehead atoms. The van der Waals surface area contributed by atoms with Gasteiger partial charge in [0.2, 0.25) is 0 Å². The van der Waals surface area contributed by atoms with Gasteiger partial charge in [0.1, 0.15) is 11.5 Å². The van der Waals surface area contributed by atoms with Gasteiger partial charge in [-0.1, -0.05) is 12.1 Å². The van der Waals surface area contributed by atoms with E-state index in [9.17, 15) is 8.78 Å². The zero-order chi connectivity index (χ0) is 16.4. The highest BCUT2D eigenvalue weighted by molar-refractivity contribution is 5.80. The molecule has 6 nitrogen and oxygen atoms in total. The lowest BCUT2D eigenvalue weighted by atomic mass is 10.0. The topological polar surface area (TPSA) is 88.2 Å². The molecule has 118 valence electrons. The van der Waals surface area contributed by atoms with E-state index in [1.54, 1.807) is 25.3 Å². The second-order valence-electron chi connectivity index (χ2n) is 4.86. The van der Waals surface area contributed by atoms with Crippen LogP contribution in [-0.4, -0.2) is 23.0 Å². The van der Waals surface area contributed by atoms with Gasteiger partial charge < -0.3 is 11.1 Å². The fraction of sp³-hybridized carbons (Fsp3) is 0.133. The Balaban J connectivity index is 2.17. The van der Waals surface area contributed by atoms with Crippen LogP contribution in [0.5, 0.6) is 0 Å². The molecule has 0 radical (unpaired) electrons. The van der Waals surface area contributed by atoms with E-state index < -0.39 is 17.3 Å². The molecule has 0 spiro atoms. The van der Waals surface area contributed by atoms with Crippen LogP contribution < -0.4 is 16.4 Å². The first-order valence-corrected chi connectivity index (χ1v) is 6.82. The lowest BCUT2D eigenvalue weighted by molar-refractivity contribution is 0.425. The van der Waals surface area contributed by atoms with Crippen LogP contribution in [0.15, 0.2) is 47.7 Å². The maximum atomic E-state index is 14.3. The fourth-order valence-electron chi connectivity index (χ4n) is 2.30. The number of aromatic nitrogens is 2. The first-order valence-electron chi connectivity index (χ1n) is 6.82. The van der Waals surface area contributed by atoms with Gasteiger partial charge in [-0.3, -0.25) is 5.32 Å². The number of nitrogens with two attached hydrogens (primary N) is 1. The van der Waals surface area contributed by atoms with Crippen LogP contribution in [0.2, 0.25) is 0 Å². The minimum Gasteiger partial charge on any atom is -0.370 e. The number of benzene rings is 1. The number of likely N-dealkylation sites (N-methyl/N-ethyl adjacent to an activating group) is 1. The third-order valence-electron chi connectivity index (χ3n) is 3.45. The SMILES string of the molecule is CNC1(c2nc(-c3ccccc3F)ncc2F)C=CNC(N)=N1. The molecule has 2 aromatic rings. The van der Waals surface area contributed by atoms with E-state index in [-0.39, 0.29) is 23.0 Å². The highest BCUT2D eigenvalue weighted by Crippen LogP contribution is 2.28. The summed E-state index contributed by atoms with van der Waals surface area (Å²) in [5.74, 6) is -1.00. The number of nitrogens with one attached hydrogen (secondary N) is 2. The Labute approximate surface area is 131 Å². The number of hydrogen-bond acceptors (Lipinski definition) is 6. The third kappa shape index (κ3) is 2.64. The minimum absolute atomic E-state index is 0.0473. The Morgan fingerprint density at radius 1 is 1.22 bits per heavy atom. The predicted molar refractivity (Wildman–Crippen MR) is 82.0 cm³/mol. The smallest absolute Gasteiger partial charge is 0.195 e. The summed E-state index contributed by atoms with van der Waals surface area (Å²) in [7, 11) is 1.59. The largest absolute Gasteiger partial charge is 0.370 e. The molecule has 3 rings (SSSR count). The average molecular weight is 316 g/mol. The molecular formula is C15H14F2N6. The van der Waals surface area contributed by atoms with Crippen molar-refractivity contribution >= 4 is 5.96 Å². The summed E-state index contributed by atoms with van der Waals surface area (Å²) in [5.41, 5.74) is 4.51. The molecule has 0 saturated carbocycles. The van der Waals surface area contributed by atoms with Gasteiger partial charge in [0.05, 0.1) is 11.8 Å². The van der Waals surface area contributed by atoms with Gasteiger partial charge in [-0.05, 0) is 25.3 Å². The Kier molecular flexibility index (Phi) is 3.75. The lowest BCUT2D eigenvalue weighted by Crippen LogP contribution is -2.45. The van der Waals surface area contributed by atoms with Crippen molar-refractivity contribution in [3.63, 3.8) is 0 Å². The quantitative estimate of drug-likeness (QED) is 0.792. The van der Waals surface area contributed by atoms with Crippen LogP contribution in [0.1, 0.15) is 5.69 Å². The van der Waals surface area contributed by atoms with Gasteiger partial charge in [0.15, 0.2) is 23.3 Å². The molecule has 8 heteroatoms. The van der Waals surface area contributed by atoms with E-state index in [0.717, 1.165) is 6.20 Å². The predicted octanol–water partition coefficient (Wildman–Crippen LogP) is 1.23. The van der Waals surface area contributed by atoms with Crippen LogP contribution in [0.4, 0.5) is 8.78 Å². The number of hydrogen-bond donors (Lipinski definition) is 3. The van der Waals surface area contributed by atoms with E-state index >= 15 is 0 Å². The summed E-state index contributed by atoms with van der Waals surface area (Å²) in [6.45, 7) is 0. The summed E-state index contributed by atoms with van der Waals surface area (Å²) in [6, 6.07) is 6.02. The van der Waals surface area contributed by atoms with Crippen LogP contribution >= 0.6 is 0 Å². The van der Waals surface area contributed by atoms with Gasteiger partial charge in [0, 0.05) is 6.20 Å². The summed E-state index contributed by atoms with van der Waals surface area (Å²) < 4.78 is 28.2. The van der Waals surface area contributed by atoms with Gasteiger partial charge in [-0.15, -0.1) is 0 Å². The molecule has 1 aliphatic heterocycles. The van der Waals surface area contributed by atoms with Crippen LogP contribution in [0.3, 0.4) is 0 Å². The number of halogens is 2. The number of guanidine groups is 1. The van der Waals surface area contributed by atoms with Gasteiger partial charge in [-0.25, -0.2) is 23.7 Å². The van der Waals surface area contributed by atoms with Crippen LogP contribution in [0, 0.1) is 11.6 Å². The van der Waals surface area contributed by atoms with Gasteiger partial charge in [-0.2, -0.15) is 0 Å². The molecule has 23 heavy (non-hydrogen) atoms. The monoisotopic (exact) mass is 316 g/mol. The maximum Gasteiger partial charge on any atom is 0.195 e. The van der Waals surface area contributed by atoms with E-state index in [1.165, 1.54) is 18.3 Å². The molecule has 4 N–H and O–H groups in total. The second-order valence-corrected chi connectivity index (χ2v) is 4.86. The summed E-state index contributed by atoms with van der Waals surface area (Å²) in [5, 5.41) is 5.58. The molecule has 0 saturated heterocycles. The van der Waals surface area contributed by atoms with E-state index in [4.69, 9.17) is 5.73 Å². The van der Waals surface area contributed by atoms with Crippen molar-refractivity contribution in [2.24, 2.45) is 10.7 Å². The summed E-state index contributed by atoms with van der Waals surface area (Å²) >= 11 is 0. The molecule has 0 fully saturated rings. The van der Waals surface area contributed by atoms with Crippen molar-refractivity contribution in [1.29, 1.82) is 0 Å². The van der Waals surface area contributed by atoms with Gasteiger partial charge >= 0.3 is 0 Å². The number of nitrogens with zero attached hydrogens (tertiary/aromatic N) is 3. The molecule has 0 aliphatic carbocycles. The summed E-state index contributed by atoms with van der Waals surface area (Å²) in [6.07, 6.45) is 4.09. The molecule has 0 amide bonds. The first-order chi connectivity index (χ1) is 11.1. The Morgan fingerprint density at radius 3 is 2.70 bits per heavy atom. The van der Waals surface area contributed by atoms with Crippen LogP contribution in [-0.2, 0) is 5.66 Å². The Morgan fingerprint density at radius 2 is 2.00 bits per heavy atom. The van der Waals surface area contributed by atoms with Crippen molar-refractivity contribution < 1.29 is 8.78 Å². The van der Waals surface area contributed by atoms with Crippen molar-refractivity contribution in [3.8, 4) is 11.4 Å². The molecule has 1 atom stereocenters. The third-order valence-corrected chi connectivity index (χ3v) is 3.45. The first kappa shape index (κ1) is 15.0. The standard InChI is InChI=1S/C15H14F2N6/c1-19-15(6-7-20-14(18)23-15)12-11(17)8-21-13(22-12)9-4-2-3-5-10(9)16/h2-8,19H,1H3,(H3,18,20,23). The van der Waals surface area contributed by atoms with Gasteiger partial charge in [0.25, 0.3) is 0 Å². The van der Waals surface area contributed by atoms with Crippen molar-refractivity contribution in [1.82, 2.24) is 20.6 Å². The van der Waals surface area contributed by atoms with Crippen molar-refractivity contribution in [2.45, 2.75) is 5.66 Å². The van der Waals surface area contributed by atoms with E-state index in [0.29, 0.717) is 0 Å². The van der Waals surface area contributed by atoms with Crippen LogP contribution in [0.25, 0.3) is 11.4 Å². The molecular weight excluding hydrogens is 302 g/mol. The normalized spacial score (nSPS) is 20.0. The average Bonchev–Trinajstić information content (AvgIpc) is 2.56. The zero-order valence-corrected chi connectivity index (χ0v) is 12.2. The zero-order valence-electron chi connectivity index (χ0n) is 12.2. The minimum atomic E-state index is -1.29. The van der Waals surface area contributed by atoms with E-state index in [2.05, 4.69) is 25.6 Å². The fourth-order valence-corrected chi connectivity index (χ4v) is 2.30. The number of aliphatic imine (C=N–C) groups is 1. The van der Waals surface area contributed by atoms with Crippen molar-refractivity contribution in [3.05, 3.63) is 60.1 Å². The van der Waals surface area contributed by atoms with E-state index in [1.807, 2.05) is 0 Å². The molecule has 2 heterocycles. The Bertz CT molecular complexity index is 804. The van der Waals surface area contributed by atoms with Crippen molar-refractivity contribution in [2.75, 3.05) is 7.05 Å².